The first kappa shape index (κ1) is 26.5. The summed E-state index contributed by atoms with van der Waals surface area (Å²) in [6, 6.07) is 12.7. The van der Waals surface area contributed by atoms with E-state index in [0.717, 1.165) is 17.8 Å². The van der Waals surface area contributed by atoms with Crippen LogP contribution in [-0.2, 0) is 20.2 Å². The Morgan fingerprint density at radius 1 is 1.03 bits per heavy atom. The average molecular weight is 545 g/mol. The number of rotatable bonds is 9. The highest BCUT2D eigenvalue weighted by molar-refractivity contribution is 7.89. The largest absolute Gasteiger partial charge is 0.481 e. The van der Waals surface area contributed by atoms with E-state index in [1.807, 2.05) is 12.1 Å². The maximum Gasteiger partial charge on any atom is 0.265 e. The minimum Gasteiger partial charge on any atom is -0.481 e. The number of carbonyl (C=O) groups is 1. The fourth-order valence-electron chi connectivity index (χ4n) is 7.32. The molecule has 4 aliphatic rings. The molecule has 4 fully saturated rings. The van der Waals surface area contributed by atoms with E-state index >= 15 is 0 Å². The van der Waals surface area contributed by atoms with E-state index in [2.05, 4.69) is 17.4 Å². The number of benzene rings is 2. The minimum atomic E-state index is -3.67. The highest BCUT2D eigenvalue weighted by atomic mass is 35.5. The van der Waals surface area contributed by atoms with Crippen molar-refractivity contribution in [3.05, 3.63) is 53.1 Å². The van der Waals surface area contributed by atoms with Crippen LogP contribution in [0.15, 0.2) is 47.4 Å². The van der Waals surface area contributed by atoms with Gasteiger partial charge < -0.3 is 10.1 Å². The van der Waals surface area contributed by atoms with E-state index in [4.69, 9.17) is 16.3 Å². The highest BCUT2D eigenvalue weighted by Gasteiger charge is 2.51. The molecule has 8 heteroatoms. The number of halogens is 1. The van der Waals surface area contributed by atoms with Crippen molar-refractivity contribution in [2.45, 2.75) is 75.7 Å². The van der Waals surface area contributed by atoms with E-state index < -0.39 is 22.0 Å². The third-order valence-electron chi connectivity index (χ3n) is 8.73. The number of sulfonamides is 1. The minimum absolute atomic E-state index is 0.0877. The normalized spacial score (nSPS) is 27.3. The second-order valence-electron chi connectivity index (χ2n) is 11.2. The van der Waals surface area contributed by atoms with E-state index in [1.165, 1.54) is 66.6 Å². The first-order valence-corrected chi connectivity index (χ1v) is 15.3. The van der Waals surface area contributed by atoms with Crippen molar-refractivity contribution in [3.8, 4) is 5.75 Å². The molecule has 4 aliphatic carbocycles. The first-order valence-electron chi connectivity index (χ1n) is 13.5. The van der Waals surface area contributed by atoms with E-state index in [9.17, 15) is 13.2 Å². The lowest BCUT2D eigenvalue weighted by molar-refractivity contribution is -0.122. The zero-order valence-corrected chi connectivity index (χ0v) is 23.4. The van der Waals surface area contributed by atoms with E-state index in [-0.39, 0.29) is 15.6 Å². The molecule has 2 aromatic rings. The second kappa shape index (κ2) is 10.2. The SMILES string of the molecule is CCN(CC)S(=O)(=O)c1ccc(Cl)c(NC(=O)C(C)Oc2ccc(C34CC5CC(CC(C5)C3)C4)cc2)c1. The summed E-state index contributed by atoms with van der Waals surface area (Å²) in [5.41, 5.74) is 1.98. The maximum atomic E-state index is 12.9. The summed E-state index contributed by atoms with van der Waals surface area (Å²) in [4.78, 5) is 13.0. The predicted molar refractivity (Wildman–Crippen MR) is 147 cm³/mol. The zero-order chi connectivity index (χ0) is 26.4. The van der Waals surface area contributed by atoms with Gasteiger partial charge in [0.1, 0.15) is 5.75 Å². The average Bonchev–Trinajstić information content (AvgIpc) is 2.85. The van der Waals surface area contributed by atoms with Crippen molar-refractivity contribution in [1.82, 2.24) is 4.31 Å². The molecule has 0 heterocycles. The van der Waals surface area contributed by atoms with Gasteiger partial charge in [0.15, 0.2) is 6.10 Å². The number of carbonyl (C=O) groups excluding carboxylic acids is 1. The van der Waals surface area contributed by atoms with Gasteiger partial charge in [-0.2, -0.15) is 4.31 Å². The summed E-state index contributed by atoms with van der Waals surface area (Å²) in [6.45, 7) is 5.96. The monoisotopic (exact) mass is 544 g/mol. The van der Waals surface area contributed by atoms with Crippen molar-refractivity contribution >= 4 is 33.2 Å². The Morgan fingerprint density at radius 2 is 1.59 bits per heavy atom. The Kier molecular flexibility index (Phi) is 7.33. The molecule has 0 spiro atoms. The number of hydrogen-bond acceptors (Lipinski definition) is 4. The summed E-state index contributed by atoms with van der Waals surface area (Å²) >= 11 is 6.28. The lowest BCUT2D eigenvalue weighted by atomic mass is 9.48. The van der Waals surface area contributed by atoms with Gasteiger partial charge in [-0.3, -0.25) is 4.79 Å². The zero-order valence-electron chi connectivity index (χ0n) is 21.9. The van der Waals surface area contributed by atoms with Crippen molar-refractivity contribution in [2.75, 3.05) is 18.4 Å². The molecule has 0 aliphatic heterocycles. The third kappa shape index (κ3) is 5.15. The molecule has 6 rings (SSSR count). The molecule has 2 aromatic carbocycles. The van der Waals surface area contributed by atoms with Gasteiger partial charge in [-0.05, 0) is 105 Å². The Hall–Kier alpha value is -2.09. The predicted octanol–water partition coefficient (Wildman–Crippen LogP) is 6.24. The summed E-state index contributed by atoms with van der Waals surface area (Å²) in [6.07, 6.45) is 7.39. The topological polar surface area (TPSA) is 75.7 Å². The Morgan fingerprint density at radius 3 is 2.14 bits per heavy atom. The molecule has 4 bridgehead atoms. The van der Waals surface area contributed by atoms with Crippen LogP contribution in [0.4, 0.5) is 5.69 Å². The molecular weight excluding hydrogens is 508 g/mol. The van der Waals surface area contributed by atoms with Crippen LogP contribution in [0.5, 0.6) is 5.75 Å². The number of nitrogens with zero attached hydrogens (tertiary/aromatic N) is 1. The Labute approximate surface area is 225 Å². The van der Waals surface area contributed by atoms with Crippen LogP contribution in [0, 0.1) is 17.8 Å². The Bertz CT molecular complexity index is 1220. The van der Waals surface area contributed by atoms with E-state index in [0.29, 0.717) is 24.3 Å². The van der Waals surface area contributed by atoms with Gasteiger partial charge in [-0.1, -0.05) is 37.6 Å². The van der Waals surface area contributed by atoms with Crippen LogP contribution in [0.1, 0.15) is 64.9 Å². The van der Waals surface area contributed by atoms with E-state index in [1.54, 1.807) is 20.8 Å². The highest BCUT2D eigenvalue weighted by Crippen LogP contribution is 2.60. The van der Waals surface area contributed by atoms with Crippen LogP contribution in [-0.4, -0.2) is 37.8 Å². The van der Waals surface area contributed by atoms with Gasteiger partial charge in [0, 0.05) is 13.1 Å². The molecule has 1 amide bonds. The number of ether oxygens (including phenoxy) is 1. The second-order valence-corrected chi connectivity index (χ2v) is 13.5. The molecule has 37 heavy (non-hydrogen) atoms. The lowest BCUT2D eigenvalue weighted by Gasteiger charge is -2.57. The standard InChI is InChI=1S/C29H37ClN2O4S/c1-4-32(5-2)37(34,35)25-10-11-26(30)27(15-25)31-28(33)19(3)36-24-8-6-23(7-9-24)29-16-20-12-21(17-29)14-22(13-20)18-29/h6-11,15,19-22H,4-5,12-14,16-18H2,1-3H3,(H,31,33). The number of amides is 1. The molecule has 0 aromatic heterocycles. The van der Waals surface area contributed by atoms with Gasteiger partial charge in [0.2, 0.25) is 10.0 Å². The number of nitrogens with one attached hydrogen (secondary N) is 1. The quantitative estimate of drug-likeness (QED) is 0.405. The van der Waals surface area contributed by atoms with Gasteiger partial charge in [0.25, 0.3) is 5.91 Å². The maximum absolute atomic E-state index is 12.9. The molecule has 4 saturated carbocycles. The van der Waals surface area contributed by atoms with Crippen LogP contribution in [0.25, 0.3) is 0 Å². The molecular formula is C29H37ClN2O4S. The fourth-order valence-corrected chi connectivity index (χ4v) is 8.97. The summed E-state index contributed by atoms with van der Waals surface area (Å²) < 4.78 is 33.1. The molecule has 0 saturated heterocycles. The molecule has 200 valence electrons. The smallest absolute Gasteiger partial charge is 0.265 e. The van der Waals surface area contributed by atoms with Crippen molar-refractivity contribution < 1.29 is 17.9 Å². The van der Waals surface area contributed by atoms with Gasteiger partial charge in [-0.15, -0.1) is 0 Å². The van der Waals surface area contributed by atoms with Crippen LogP contribution >= 0.6 is 11.6 Å². The van der Waals surface area contributed by atoms with Crippen LogP contribution in [0.3, 0.4) is 0 Å². The molecule has 1 N–H and O–H groups in total. The van der Waals surface area contributed by atoms with Gasteiger partial charge in [-0.25, -0.2) is 8.42 Å². The van der Waals surface area contributed by atoms with Gasteiger partial charge in [0.05, 0.1) is 15.6 Å². The first-order chi connectivity index (χ1) is 17.6. The lowest BCUT2D eigenvalue weighted by Crippen LogP contribution is -2.48. The summed E-state index contributed by atoms with van der Waals surface area (Å²) in [5.74, 6) is 2.90. The van der Waals surface area contributed by atoms with Crippen molar-refractivity contribution in [2.24, 2.45) is 17.8 Å². The third-order valence-corrected chi connectivity index (χ3v) is 11.1. The number of hydrogen-bond donors (Lipinski definition) is 1. The van der Waals surface area contributed by atoms with Gasteiger partial charge >= 0.3 is 0 Å². The van der Waals surface area contributed by atoms with Crippen molar-refractivity contribution in [3.63, 3.8) is 0 Å². The van der Waals surface area contributed by atoms with Crippen LogP contribution in [0.2, 0.25) is 5.02 Å². The van der Waals surface area contributed by atoms with Crippen LogP contribution < -0.4 is 10.1 Å². The fraction of sp³-hybridized carbons (Fsp3) is 0.552. The van der Waals surface area contributed by atoms with Crippen molar-refractivity contribution in [1.29, 1.82) is 0 Å². The molecule has 0 radical (unpaired) electrons. The summed E-state index contributed by atoms with van der Waals surface area (Å²) in [5, 5.41) is 3.00. The Balaban J connectivity index is 1.25. The molecule has 1 atom stereocenters. The number of anilines is 1. The molecule has 1 unspecified atom stereocenters. The molecule has 6 nitrogen and oxygen atoms in total. The summed E-state index contributed by atoms with van der Waals surface area (Å²) in [7, 11) is -3.67.